The van der Waals surface area contributed by atoms with E-state index in [4.69, 9.17) is 16.3 Å². The standard InChI is InChI=1S/C12H16ClNO2/c1-16-9-7-10-4-2-3-5-11(10)14-12(15)6-8-13/h2-5H,6-9H2,1H3,(H,14,15). The lowest BCUT2D eigenvalue weighted by atomic mass is 10.1. The van der Waals surface area contributed by atoms with E-state index in [0.29, 0.717) is 18.9 Å². The summed E-state index contributed by atoms with van der Waals surface area (Å²) in [5, 5.41) is 2.84. The zero-order valence-corrected chi connectivity index (χ0v) is 10.1. The molecule has 88 valence electrons. The Morgan fingerprint density at radius 1 is 1.44 bits per heavy atom. The first-order valence-corrected chi connectivity index (χ1v) is 5.74. The van der Waals surface area contributed by atoms with Crippen molar-refractivity contribution >= 4 is 23.2 Å². The van der Waals surface area contributed by atoms with Gasteiger partial charge in [0.1, 0.15) is 0 Å². The Morgan fingerprint density at radius 3 is 2.88 bits per heavy atom. The van der Waals surface area contributed by atoms with Crippen molar-refractivity contribution in [3.8, 4) is 0 Å². The van der Waals surface area contributed by atoms with Gasteiger partial charge in [-0.2, -0.15) is 0 Å². The normalized spacial score (nSPS) is 10.1. The maximum atomic E-state index is 11.4. The molecule has 0 radical (unpaired) electrons. The second-order valence-corrected chi connectivity index (χ2v) is 3.77. The molecule has 0 aromatic heterocycles. The zero-order valence-electron chi connectivity index (χ0n) is 9.33. The first-order valence-electron chi connectivity index (χ1n) is 5.20. The molecule has 0 spiro atoms. The number of anilines is 1. The second-order valence-electron chi connectivity index (χ2n) is 3.39. The van der Waals surface area contributed by atoms with E-state index in [9.17, 15) is 4.79 Å². The fraction of sp³-hybridized carbons (Fsp3) is 0.417. The van der Waals surface area contributed by atoms with Crippen molar-refractivity contribution in [3.05, 3.63) is 29.8 Å². The zero-order chi connectivity index (χ0) is 11.8. The van der Waals surface area contributed by atoms with Crippen LogP contribution in [-0.4, -0.2) is 25.5 Å². The average molecular weight is 242 g/mol. The summed E-state index contributed by atoms with van der Waals surface area (Å²) in [6.45, 7) is 0.641. The molecular weight excluding hydrogens is 226 g/mol. The fourth-order valence-corrected chi connectivity index (χ4v) is 1.54. The molecule has 0 heterocycles. The molecule has 0 atom stereocenters. The van der Waals surface area contributed by atoms with E-state index >= 15 is 0 Å². The van der Waals surface area contributed by atoms with Crippen molar-refractivity contribution in [1.82, 2.24) is 0 Å². The Hall–Kier alpha value is -1.06. The number of rotatable bonds is 6. The van der Waals surface area contributed by atoms with E-state index in [0.717, 1.165) is 17.7 Å². The van der Waals surface area contributed by atoms with E-state index < -0.39 is 0 Å². The predicted molar refractivity (Wildman–Crippen MR) is 66.0 cm³/mol. The molecule has 0 aliphatic heterocycles. The molecule has 1 rings (SSSR count). The molecule has 1 aromatic carbocycles. The summed E-state index contributed by atoms with van der Waals surface area (Å²) < 4.78 is 5.02. The van der Waals surface area contributed by atoms with E-state index in [1.165, 1.54) is 0 Å². The Bertz CT molecular complexity index is 342. The molecule has 4 heteroatoms. The van der Waals surface area contributed by atoms with Crippen LogP contribution in [0.1, 0.15) is 12.0 Å². The maximum Gasteiger partial charge on any atom is 0.225 e. The number of carbonyl (C=O) groups excluding carboxylic acids is 1. The third-order valence-corrected chi connectivity index (χ3v) is 2.38. The fourth-order valence-electron chi connectivity index (χ4n) is 1.37. The van der Waals surface area contributed by atoms with Crippen molar-refractivity contribution in [2.75, 3.05) is 24.9 Å². The molecule has 0 aliphatic rings. The first kappa shape index (κ1) is 13.0. The van der Waals surface area contributed by atoms with E-state index in [-0.39, 0.29) is 5.91 Å². The lowest BCUT2D eigenvalue weighted by Gasteiger charge is -2.10. The number of ether oxygens (including phenoxy) is 1. The molecule has 0 bridgehead atoms. The van der Waals surface area contributed by atoms with Crippen LogP contribution >= 0.6 is 11.6 Å². The van der Waals surface area contributed by atoms with Crippen molar-refractivity contribution in [2.24, 2.45) is 0 Å². The maximum absolute atomic E-state index is 11.4. The lowest BCUT2D eigenvalue weighted by Crippen LogP contribution is -2.13. The number of alkyl halides is 1. The molecule has 0 saturated heterocycles. The van der Waals surface area contributed by atoms with Crippen LogP contribution in [0, 0.1) is 0 Å². The average Bonchev–Trinajstić information content (AvgIpc) is 2.28. The van der Waals surface area contributed by atoms with Gasteiger partial charge in [-0.25, -0.2) is 0 Å². The summed E-state index contributed by atoms with van der Waals surface area (Å²) in [5.41, 5.74) is 1.92. The van der Waals surface area contributed by atoms with Crippen molar-refractivity contribution in [1.29, 1.82) is 0 Å². The lowest BCUT2D eigenvalue weighted by molar-refractivity contribution is -0.115. The molecule has 16 heavy (non-hydrogen) atoms. The molecular formula is C12H16ClNO2. The van der Waals surface area contributed by atoms with Gasteiger partial charge in [-0.15, -0.1) is 11.6 Å². The van der Waals surface area contributed by atoms with Crippen LogP contribution in [-0.2, 0) is 16.0 Å². The molecule has 0 aliphatic carbocycles. The summed E-state index contributed by atoms with van der Waals surface area (Å²) in [6, 6.07) is 7.71. The van der Waals surface area contributed by atoms with Gasteiger partial charge in [0.05, 0.1) is 6.61 Å². The van der Waals surface area contributed by atoms with E-state index in [2.05, 4.69) is 5.32 Å². The van der Waals surface area contributed by atoms with Gasteiger partial charge < -0.3 is 10.1 Å². The van der Waals surface area contributed by atoms with Gasteiger partial charge in [0.15, 0.2) is 0 Å². The van der Waals surface area contributed by atoms with Crippen molar-refractivity contribution in [3.63, 3.8) is 0 Å². The topological polar surface area (TPSA) is 38.3 Å². The number of methoxy groups -OCH3 is 1. The number of amides is 1. The van der Waals surface area contributed by atoms with Gasteiger partial charge >= 0.3 is 0 Å². The van der Waals surface area contributed by atoms with Crippen molar-refractivity contribution in [2.45, 2.75) is 12.8 Å². The molecule has 0 unspecified atom stereocenters. The highest BCUT2D eigenvalue weighted by atomic mass is 35.5. The van der Waals surface area contributed by atoms with Gasteiger partial charge in [0, 0.05) is 25.1 Å². The minimum Gasteiger partial charge on any atom is -0.384 e. The minimum atomic E-state index is -0.0557. The predicted octanol–water partition coefficient (Wildman–Crippen LogP) is 2.44. The molecule has 1 aromatic rings. The van der Waals surface area contributed by atoms with Crippen LogP contribution < -0.4 is 5.32 Å². The van der Waals surface area contributed by atoms with Gasteiger partial charge in [-0.3, -0.25) is 4.79 Å². The van der Waals surface area contributed by atoms with Crippen LogP contribution in [0.5, 0.6) is 0 Å². The van der Waals surface area contributed by atoms with Crippen LogP contribution in [0.25, 0.3) is 0 Å². The second kappa shape index (κ2) is 7.25. The van der Waals surface area contributed by atoms with E-state index in [1.807, 2.05) is 24.3 Å². The largest absolute Gasteiger partial charge is 0.384 e. The summed E-state index contributed by atoms with van der Waals surface area (Å²) in [5.74, 6) is 0.284. The first-order chi connectivity index (χ1) is 7.77. The SMILES string of the molecule is COCCc1ccccc1NC(=O)CCCl. The van der Waals surface area contributed by atoms with Gasteiger partial charge in [-0.05, 0) is 18.1 Å². The smallest absolute Gasteiger partial charge is 0.225 e. The molecule has 3 nitrogen and oxygen atoms in total. The van der Waals surface area contributed by atoms with E-state index in [1.54, 1.807) is 7.11 Å². The van der Waals surface area contributed by atoms with Crippen molar-refractivity contribution < 1.29 is 9.53 Å². The monoisotopic (exact) mass is 241 g/mol. The Labute approximate surface area is 101 Å². The Morgan fingerprint density at radius 2 is 2.19 bits per heavy atom. The number of hydrogen-bond donors (Lipinski definition) is 1. The van der Waals surface area contributed by atoms with Crippen LogP contribution in [0.3, 0.4) is 0 Å². The number of hydrogen-bond acceptors (Lipinski definition) is 2. The van der Waals surface area contributed by atoms with Crippen LogP contribution in [0.2, 0.25) is 0 Å². The number of para-hydroxylation sites is 1. The molecule has 0 saturated carbocycles. The molecule has 0 fully saturated rings. The summed E-state index contributed by atoms with van der Waals surface area (Å²) in [6.07, 6.45) is 1.12. The Balaban J connectivity index is 2.66. The quantitative estimate of drug-likeness (QED) is 0.777. The number of benzene rings is 1. The Kier molecular flexibility index (Phi) is 5.90. The third kappa shape index (κ3) is 4.21. The number of nitrogens with one attached hydrogen (secondary N) is 1. The number of carbonyl (C=O) groups is 1. The summed E-state index contributed by atoms with van der Waals surface area (Å²) >= 11 is 5.51. The summed E-state index contributed by atoms with van der Waals surface area (Å²) in [7, 11) is 1.66. The van der Waals surface area contributed by atoms with Gasteiger partial charge in [0.25, 0.3) is 0 Å². The highest BCUT2D eigenvalue weighted by Crippen LogP contribution is 2.15. The minimum absolute atomic E-state index is 0.0557. The highest BCUT2D eigenvalue weighted by Gasteiger charge is 2.05. The molecule has 1 amide bonds. The van der Waals surface area contributed by atoms with Gasteiger partial charge in [0.2, 0.25) is 5.91 Å². The highest BCUT2D eigenvalue weighted by molar-refractivity contribution is 6.19. The summed E-state index contributed by atoms with van der Waals surface area (Å²) in [4.78, 5) is 11.4. The third-order valence-electron chi connectivity index (χ3n) is 2.19. The number of halogens is 1. The van der Waals surface area contributed by atoms with Crippen LogP contribution in [0.4, 0.5) is 5.69 Å². The van der Waals surface area contributed by atoms with Gasteiger partial charge in [-0.1, -0.05) is 18.2 Å². The molecule has 1 N–H and O–H groups in total. The van der Waals surface area contributed by atoms with Crippen LogP contribution in [0.15, 0.2) is 24.3 Å².